The molecule has 1 fully saturated rings. The van der Waals surface area contributed by atoms with Gasteiger partial charge in [-0.1, -0.05) is 18.2 Å². The van der Waals surface area contributed by atoms with Crippen molar-refractivity contribution in [2.24, 2.45) is 0 Å². The number of aromatic nitrogens is 2. The lowest BCUT2D eigenvalue weighted by atomic mass is 9.96. The lowest BCUT2D eigenvalue weighted by molar-refractivity contribution is 0.311. The highest BCUT2D eigenvalue weighted by atomic mass is 32.1. The summed E-state index contributed by atoms with van der Waals surface area (Å²) in [6, 6.07) is 14.6. The molecule has 1 aromatic heterocycles. The van der Waals surface area contributed by atoms with Crippen LogP contribution in [0.15, 0.2) is 42.5 Å². The van der Waals surface area contributed by atoms with Gasteiger partial charge in [-0.05, 0) is 74.3 Å². The summed E-state index contributed by atoms with van der Waals surface area (Å²) in [5, 5.41) is 4.21. The van der Waals surface area contributed by atoms with Crippen LogP contribution < -0.4 is 5.32 Å². The molecule has 134 valence electrons. The van der Waals surface area contributed by atoms with E-state index in [0.717, 1.165) is 53.6 Å². The summed E-state index contributed by atoms with van der Waals surface area (Å²) < 4.78 is 0. The van der Waals surface area contributed by atoms with Crippen LogP contribution in [0.25, 0.3) is 11.0 Å². The Morgan fingerprint density at radius 2 is 1.88 bits per heavy atom. The molecule has 1 aliphatic heterocycles. The predicted molar refractivity (Wildman–Crippen MR) is 112 cm³/mol. The molecule has 3 aromatic rings. The molecule has 0 aliphatic carbocycles. The number of aromatic amines is 1. The van der Waals surface area contributed by atoms with Crippen LogP contribution in [-0.4, -0.2) is 33.1 Å². The van der Waals surface area contributed by atoms with Gasteiger partial charge in [0.25, 0.3) is 0 Å². The van der Waals surface area contributed by atoms with Gasteiger partial charge in [0.05, 0.1) is 11.0 Å². The molecule has 5 heteroatoms. The Hall–Kier alpha value is -2.40. The van der Waals surface area contributed by atoms with Crippen LogP contribution in [0.4, 0.5) is 5.69 Å². The minimum Gasteiger partial charge on any atom is -0.349 e. The summed E-state index contributed by atoms with van der Waals surface area (Å²) >= 11 is 5.63. The maximum Gasteiger partial charge on any atom is 0.173 e. The molecule has 2 N–H and O–H groups in total. The average molecular weight is 365 g/mol. The van der Waals surface area contributed by atoms with Crippen molar-refractivity contribution in [1.29, 1.82) is 0 Å². The molecule has 0 saturated carbocycles. The highest BCUT2D eigenvalue weighted by Gasteiger charge is 2.24. The first-order valence-corrected chi connectivity index (χ1v) is 9.59. The van der Waals surface area contributed by atoms with Crippen LogP contribution >= 0.6 is 12.2 Å². The molecule has 2 aromatic carbocycles. The van der Waals surface area contributed by atoms with E-state index in [2.05, 4.69) is 59.4 Å². The van der Waals surface area contributed by atoms with E-state index in [4.69, 9.17) is 17.2 Å². The molecule has 0 radical (unpaired) electrons. The molecule has 4 nitrogen and oxygen atoms in total. The van der Waals surface area contributed by atoms with Crippen molar-refractivity contribution in [2.75, 3.05) is 18.4 Å². The number of H-pyrrole nitrogens is 1. The molecule has 2 heterocycles. The largest absolute Gasteiger partial charge is 0.349 e. The van der Waals surface area contributed by atoms with Crippen LogP contribution in [0.3, 0.4) is 0 Å². The van der Waals surface area contributed by atoms with Crippen LogP contribution in [0.5, 0.6) is 0 Å². The Labute approximate surface area is 159 Å². The number of hydrogen-bond donors (Lipinski definition) is 2. The Morgan fingerprint density at radius 1 is 1.12 bits per heavy atom. The normalized spacial score (nSPS) is 15.4. The summed E-state index contributed by atoms with van der Waals surface area (Å²) in [7, 11) is 0. The van der Waals surface area contributed by atoms with Crippen LogP contribution in [0, 0.1) is 13.8 Å². The molecule has 0 atom stereocenters. The number of fused-ring (bicyclic) bond motifs is 1. The Bertz CT molecular complexity index is 905. The summed E-state index contributed by atoms with van der Waals surface area (Å²) in [4.78, 5) is 10.5. The highest BCUT2D eigenvalue weighted by molar-refractivity contribution is 7.80. The molecule has 4 rings (SSSR count). The third-order valence-electron chi connectivity index (χ3n) is 5.33. The number of nitrogens with one attached hydrogen (secondary N) is 2. The van der Waals surface area contributed by atoms with Gasteiger partial charge in [-0.15, -0.1) is 0 Å². The number of likely N-dealkylation sites (tertiary alicyclic amines) is 1. The lowest BCUT2D eigenvalue weighted by Crippen LogP contribution is -2.40. The molecule has 1 saturated heterocycles. The van der Waals surface area contributed by atoms with Crippen molar-refractivity contribution in [1.82, 2.24) is 14.9 Å². The molecule has 0 bridgehead atoms. The van der Waals surface area contributed by atoms with E-state index in [1.54, 1.807) is 0 Å². The topological polar surface area (TPSA) is 44.0 Å². The monoisotopic (exact) mass is 364 g/mol. The van der Waals surface area contributed by atoms with Gasteiger partial charge in [0, 0.05) is 24.7 Å². The van der Waals surface area contributed by atoms with Crippen LogP contribution in [0.1, 0.15) is 35.7 Å². The predicted octanol–water partition coefficient (Wildman–Crippen LogP) is 4.76. The first-order chi connectivity index (χ1) is 12.6. The standard InChI is InChI=1S/C21H24N4S/c1-14-7-8-17(13-15(14)2)22-21(26)25-11-9-16(10-12-25)20-23-18-5-3-4-6-19(18)24-20/h3-8,13,16H,9-12H2,1-2H3,(H,22,26)(H,23,24). The van der Waals surface area contributed by atoms with Crippen molar-refractivity contribution in [3.05, 3.63) is 59.4 Å². The zero-order valence-electron chi connectivity index (χ0n) is 15.2. The number of piperidine rings is 1. The zero-order valence-corrected chi connectivity index (χ0v) is 16.1. The van der Waals surface area contributed by atoms with E-state index in [1.165, 1.54) is 11.1 Å². The number of nitrogens with zero attached hydrogens (tertiary/aromatic N) is 2. The Balaban J connectivity index is 1.38. The number of rotatable bonds is 2. The number of para-hydroxylation sites is 2. The van der Waals surface area contributed by atoms with Gasteiger partial charge in [0.1, 0.15) is 5.82 Å². The van der Waals surface area contributed by atoms with E-state index < -0.39 is 0 Å². The fraction of sp³-hybridized carbons (Fsp3) is 0.333. The minimum absolute atomic E-state index is 0.475. The first-order valence-electron chi connectivity index (χ1n) is 9.18. The highest BCUT2D eigenvalue weighted by Crippen LogP contribution is 2.28. The SMILES string of the molecule is Cc1ccc(NC(=S)N2CCC(c3nc4ccccc4[nH]3)CC2)cc1C. The number of thiocarbonyl (C=S) groups is 1. The second-order valence-electron chi connectivity index (χ2n) is 7.13. The van der Waals surface area contributed by atoms with E-state index in [1.807, 2.05) is 12.1 Å². The molecular weight excluding hydrogens is 340 g/mol. The van der Waals surface area contributed by atoms with Gasteiger partial charge in [0.15, 0.2) is 5.11 Å². The first kappa shape index (κ1) is 17.0. The van der Waals surface area contributed by atoms with Gasteiger partial charge in [-0.3, -0.25) is 0 Å². The number of benzene rings is 2. The molecule has 0 spiro atoms. The molecule has 0 amide bonds. The molecular formula is C21H24N4S. The smallest absolute Gasteiger partial charge is 0.173 e. The van der Waals surface area contributed by atoms with Crippen molar-refractivity contribution < 1.29 is 0 Å². The van der Waals surface area contributed by atoms with Crippen molar-refractivity contribution >= 4 is 34.1 Å². The fourth-order valence-electron chi connectivity index (χ4n) is 3.54. The second-order valence-corrected chi connectivity index (χ2v) is 7.52. The fourth-order valence-corrected chi connectivity index (χ4v) is 3.84. The van der Waals surface area contributed by atoms with Crippen molar-refractivity contribution in [2.45, 2.75) is 32.6 Å². The van der Waals surface area contributed by atoms with Gasteiger partial charge >= 0.3 is 0 Å². The van der Waals surface area contributed by atoms with Gasteiger partial charge in [0.2, 0.25) is 0 Å². The Kier molecular flexibility index (Phi) is 4.64. The maximum absolute atomic E-state index is 5.63. The summed E-state index contributed by atoms with van der Waals surface area (Å²) in [5.74, 6) is 1.59. The van der Waals surface area contributed by atoms with E-state index >= 15 is 0 Å². The second kappa shape index (κ2) is 7.08. The maximum atomic E-state index is 5.63. The van der Waals surface area contributed by atoms with Gasteiger partial charge in [-0.25, -0.2) is 4.98 Å². The van der Waals surface area contributed by atoms with Crippen LogP contribution in [-0.2, 0) is 0 Å². The van der Waals surface area contributed by atoms with Crippen molar-refractivity contribution in [3.8, 4) is 0 Å². The third-order valence-corrected chi connectivity index (χ3v) is 5.70. The minimum atomic E-state index is 0.475. The Morgan fingerprint density at radius 3 is 2.62 bits per heavy atom. The van der Waals surface area contributed by atoms with E-state index in [-0.39, 0.29) is 0 Å². The third kappa shape index (κ3) is 3.44. The van der Waals surface area contributed by atoms with E-state index in [0.29, 0.717) is 5.92 Å². The number of imidazole rings is 1. The summed E-state index contributed by atoms with van der Waals surface area (Å²) in [6.07, 6.45) is 2.13. The summed E-state index contributed by atoms with van der Waals surface area (Å²) in [6.45, 7) is 6.17. The average Bonchev–Trinajstić information content (AvgIpc) is 3.09. The summed E-state index contributed by atoms with van der Waals surface area (Å²) in [5.41, 5.74) is 5.82. The number of anilines is 1. The van der Waals surface area contributed by atoms with Crippen molar-refractivity contribution in [3.63, 3.8) is 0 Å². The molecule has 26 heavy (non-hydrogen) atoms. The molecule has 1 aliphatic rings. The zero-order chi connectivity index (χ0) is 18.1. The lowest BCUT2D eigenvalue weighted by Gasteiger charge is -2.33. The number of aryl methyl sites for hydroxylation is 2. The molecule has 0 unspecified atom stereocenters. The van der Waals surface area contributed by atoms with Gasteiger partial charge in [-0.2, -0.15) is 0 Å². The van der Waals surface area contributed by atoms with Crippen LogP contribution in [0.2, 0.25) is 0 Å². The van der Waals surface area contributed by atoms with E-state index in [9.17, 15) is 0 Å². The quantitative estimate of drug-likeness (QED) is 0.644. The van der Waals surface area contributed by atoms with Gasteiger partial charge < -0.3 is 15.2 Å². The number of hydrogen-bond acceptors (Lipinski definition) is 2.